The fourth-order valence-corrected chi connectivity index (χ4v) is 1.69. The number of rotatable bonds is 2. The van der Waals surface area contributed by atoms with Crippen LogP contribution in [-0.4, -0.2) is 27.4 Å². The molecular weight excluding hydrogens is 206 g/mol. The highest BCUT2D eigenvalue weighted by atomic mass is 16.5. The van der Waals surface area contributed by atoms with E-state index in [1.54, 1.807) is 14.2 Å². The topological polar surface area (TPSA) is 38.8 Å². The summed E-state index contributed by atoms with van der Waals surface area (Å²) in [5.74, 6) is 0.849. The van der Waals surface area contributed by atoms with Gasteiger partial charge in [-0.3, -0.25) is 4.90 Å². The van der Waals surface area contributed by atoms with E-state index >= 15 is 0 Å². The lowest BCUT2D eigenvalue weighted by Gasteiger charge is -2.18. The molecule has 0 spiro atoms. The second kappa shape index (κ2) is 4.88. The second-order valence-corrected chi connectivity index (χ2v) is 3.64. The van der Waals surface area contributed by atoms with Crippen molar-refractivity contribution in [3.05, 3.63) is 23.3 Å². The number of ether oxygens (including phenoxy) is 2. The van der Waals surface area contributed by atoms with E-state index in [0.29, 0.717) is 0 Å². The van der Waals surface area contributed by atoms with Crippen molar-refractivity contribution in [3.8, 4) is 5.75 Å². The average Bonchev–Trinajstić information content (AvgIpc) is 2.26. The van der Waals surface area contributed by atoms with Crippen LogP contribution < -0.4 is 9.64 Å². The van der Waals surface area contributed by atoms with Crippen LogP contribution in [0.25, 0.3) is 0 Å². The van der Waals surface area contributed by atoms with Gasteiger partial charge in [0.25, 0.3) is 0 Å². The molecule has 0 bridgehead atoms. The lowest BCUT2D eigenvalue weighted by Crippen LogP contribution is -2.26. The molecule has 16 heavy (non-hydrogen) atoms. The fourth-order valence-electron chi connectivity index (χ4n) is 1.69. The smallest absolute Gasteiger partial charge is 0.413 e. The summed E-state index contributed by atoms with van der Waals surface area (Å²) in [7, 11) is 4.67. The van der Waals surface area contributed by atoms with Crippen LogP contribution in [0.1, 0.15) is 11.1 Å². The van der Waals surface area contributed by atoms with Crippen LogP contribution in [0.15, 0.2) is 12.1 Å². The number of benzene rings is 1. The molecule has 0 aromatic heterocycles. The van der Waals surface area contributed by atoms with Crippen molar-refractivity contribution >= 4 is 11.8 Å². The van der Waals surface area contributed by atoms with Crippen LogP contribution in [0.3, 0.4) is 0 Å². The first-order chi connectivity index (χ1) is 7.51. The molecule has 0 aliphatic carbocycles. The molecule has 4 nitrogen and oxygen atoms in total. The minimum atomic E-state index is -0.385. The number of aryl methyl sites for hydroxylation is 2. The monoisotopic (exact) mass is 223 g/mol. The SMILES string of the molecule is COC(=O)N(C)c1cc(C)c(OC)c(C)c1. The molecule has 1 rings (SSSR count). The first-order valence-electron chi connectivity index (χ1n) is 4.98. The van der Waals surface area contributed by atoms with Gasteiger partial charge >= 0.3 is 6.09 Å². The summed E-state index contributed by atoms with van der Waals surface area (Å²) >= 11 is 0. The summed E-state index contributed by atoms with van der Waals surface area (Å²) in [6, 6.07) is 3.78. The van der Waals surface area contributed by atoms with Crippen molar-refractivity contribution in [2.24, 2.45) is 0 Å². The third-order valence-electron chi connectivity index (χ3n) is 2.48. The zero-order valence-corrected chi connectivity index (χ0v) is 10.3. The Morgan fingerprint density at radius 1 is 1.19 bits per heavy atom. The van der Waals surface area contributed by atoms with E-state index in [1.165, 1.54) is 12.0 Å². The highest BCUT2D eigenvalue weighted by Crippen LogP contribution is 2.28. The Hall–Kier alpha value is -1.71. The summed E-state index contributed by atoms with van der Waals surface area (Å²) < 4.78 is 9.92. The molecule has 0 aliphatic heterocycles. The van der Waals surface area contributed by atoms with Gasteiger partial charge in [0.05, 0.1) is 14.2 Å². The van der Waals surface area contributed by atoms with Crippen molar-refractivity contribution in [2.75, 3.05) is 26.2 Å². The number of carbonyl (C=O) groups excluding carboxylic acids is 1. The predicted octanol–water partition coefficient (Wildman–Crippen LogP) is 2.51. The van der Waals surface area contributed by atoms with Gasteiger partial charge in [0.1, 0.15) is 5.75 Å². The molecule has 0 N–H and O–H groups in total. The van der Waals surface area contributed by atoms with Gasteiger partial charge in [-0.1, -0.05) is 0 Å². The maximum Gasteiger partial charge on any atom is 0.413 e. The molecule has 0 unspecified atom stereocenters. The fraction of sp³-hybridized carbons (Fsp3) is 0.417. The van der Waals surface area contributed by atoms with E-state index in [1.807, 2.05) is 26.0 Å². The summed E-state index contributed by atoms with van der Waals surface area (Å²) in [6.45, 7) is 3.89. The summed E-state index contributed by atoms with van der Waals surface area (Å²) in [5, 5.41) is 0. The standard InChI is InChI=1S/C12H17NO3/c1-8-6-10(13(3)12(14)16-5)7-9(2)11(8)15-4/h6-7H,1-5H3. The number of amides is 1. The van der Waals surface area contributed by atoms with Crippen LogP contribution in [0, 0.1) is 13.8 Å². The van der Waals surface area contributed by atoms with Crippen LogP contribution >= 0.6 is 0 Å². The molecule has 88 valence electrons. The van der Waals surface area contributed by atoms with Crippen LogP contribution in [0.5, 0.6) is 5.75 Å². The number of carbonyl (C=O) groups is 1. The Morgan fingerprint density at radius 2 is 1.69 bits per heavy atom. The zero-order valence-electron chi connectivity index (χ0n) is 10.3. The third kappa shape index (κ3) is 2.27. The van der Waals surface area contributed by atoms with Crippen LogP contribution in [-0.2, 0) is 4.74 Å². The second-order valence-electron chi connectivity index (χ2n) is 3.64. The highest BCUT2D eigenvalue weighted by molar-refractivity contribution is 5.87. The van der Waals surface area contributed by atoms with E-state index < -0.39 is 0 Å². The molecule has 0 heterocycles. The number of hydrogen-bond acceptors (Lipinski definition) is 3. The van der Waals surface area contributed by atoms with Crippen molar-refractivity contribution in [1.29, 1.82) is 0 Å². The lowest BCUT2D eigenvalue weighted by atomic mass is 10.1. The molecule has 0 aliphatic rings. The minimum Gasteiger partial charge on any atom is -0.496 e. The number of methoxy groups -OCH3 is 2. The zero-order chi connectivity index (χ0) is 12.3. The first kappa shape index (κ1) is 12.4. The Morgan fingerprint density at radius 3 is 2.06 bits per heavy atom. The van der Waals surface area contributed by atoms with E-state index in [9.17, 15) is 4.79 Å². The summed E-state index contributed by atoms with van der Waals surface area (Å²) in [6.07, 6.45) is -0.385. The predicted molar refractivity (Wildman–Crippen MR) is 63.3 cm³/mol. The van der Waals surface area contributed by atoms with Gasteiger partial charge in [-0.15, -0.1) is 0 Å². The molecule has 1 aromatic carbocycles. The molecule has 0 saturated carbocycles. The quantitative estimate of drug-likeness (QED) is 0.773. The molecule has 0 atom stereocenters. The van der Waals surface area contributed by atoms with Gasteiger partial charge in [0.15, 0.2) is 0 Å². The molecule has 0 saturated heterocycles. The van der Waals surface area contributed by atoms with Crippen molar-refractivity contribution < 1.29 is 14.3 Å². The maximum absolute atomic E-state index is 11.4. The van der Waals surface area contributed by atoms with Gasteiger partial charge in [-0.05, 0) is 37.1 Å². The van der Waals surface area contributed by atoms with Gasteiger partial charge in [0.2, 0.25) is 0 Å². The largest absolute Gasteiger partial charge is 0.496 e. The molecule has 1 amide bonds. The first-order valence-corrected chi connectivity index (χ1v) is 4.98. The van der Waals surface area contributed by atoms with E-state index in [-0.39, 0.29) is 6.09 Å². The van der Waals surface area contributed by atoms with Gasteiger partial charge in [0, 0.05) is 12.7 Å². The molecule has 0 fully saturated rings. The van der Waals surface area contributed by atoms with Crippen LogP contribution in [0.2, 0.25) is 0 Å². The van der Waals surface area contributed by atoms with Crippen molar-refractivity contribution in [2.45, 2.75) is 13.8 Å². The highest BCUT2D eigenvalue weighted by Gasteiger charge is 2.13. The van der Waals surface area contributed by atoms with Gasteiger partial charge in [-0.25, -0.2) is 4.79 Å². The van der Waals surface area contributed by atoms with E-state index in [2.05, 4.69) is 4.74 Å². The Kier molecular flexibility index (Phi) is 3.77. The Bertz CT molecular complexity index is 378. The Balaban J connectivity index is 3.13. The van der Waals surface area contributed by atoms with Crippen molar-refractivity contribution in [1.82, 2.24) is 0 Å². The Labute approximate surface area is 95.8 Å². The molecule has 4 heteroatoms. The summed E-state index contributed by atoms with van der Waals surface area (Å²) in [4.78, 5) is 12.8. The molecule has 0 radical (unpaired) electrons. The van der Waals surface area contributed by atoms with Crippen molar-refractivity contribution in [3.63, 3.8) is 0 Å². The van der Waals surface area contributed by atoms with E-state index in [0.717, 1.165) is 22.6 Å². The lowest BCUT2D eigenvalue weighted by molar-refractivity contribution is 0.180. The third-order valence-corrected chi connectivity index (χ3v) is 2.48. The number of anilines is 1. The van der Waals surface area contributed by atoms with Gasteiger partial charge < -0.3 is 9.47 Å². The number of hydrogen-bond donors (Lipinski definition) is 0. The average molecular weight is 223 g/mol. The normalized spacial score (nSPS) is 9.81. The van der Waals surface area contributed by atoms with E-state index in [4.69, 9.17) is 4.74 Å². The van der Waals surface area contributed by atoms with Crippen LogP contribution in [0.4, 0.5) is 10.5 Å². The van der Waals surface area contributed by atoms with Gasteiger partial charge in [-0.2, -0.15) is 0 Å². The molecular formula is C12H17NO3. The summed E-state index contributed by atoms with van der Waals surface area (Å²) in [5.41, 5.74) is 2.78. The minimum absolute atomic E-state index is 0.385. The molecule has 1 aromatic rings. The number of nitrogens with zero attached hydrogens (tertiary/aromatic N) is 1. The maximum atomic E-state index is 11.4.